The average Bonchev–Trinajstić information content (AvgIpc) is 1.63. The number of carboxylic acids is 2. The van der Waals surface area contributed by atoms with Gasteiger partial charge in [-0.15, -0.1) is 0 Å². The zero-order valence-electron chi connectivity index (χ0n) is 4.76. The molecule has 0 aliphatic carbocycles. The van der Waals surface area contributed by atoms with Gasteiger partial charge in [-0.1, -0.05) is 0 Å². The van der Waals surface area contributed by atoms with E-state index in [1.807, 2.05) is 0 Å². The van der Waals surface area contributed by atoms with E-state index in [1.165, 1.54) is 0 Å². The van der Waals surface area contributed by atoms with Crippen LogP contribution in [0, 0.1) is 0 Å². The van der Waals surface area contributed by atoms with E-state index in [2.05, 4.69) is 12.6 Å². The first-order valence-electron chi connectivity index (χ1n) is 2.16. The van der Waals surface area contributed by atoms with Gasteiger partial charge in [-0.2, -0.15) is 12.6 Å². The molecule has 0 amide bonds. The predicted octanol–water partition coefficient (Wildman–Crippen LogP) is -0.158. The van der Waals surface area contributed by atoms with Gasteiger partial charge in [0.25, 0.3) is 0 Å². The maximum atomic E-state index is 9.90. The summed E-state index contributed by atoms with van der Waals surface area (Å²) in [6, 6.07) is 0. The maximum absolute atomic E-state index is 9.90. The molecule has 62 valence electrons. The van der Waals surface area contributed by atoms with Crippen LogP contribution in [0.15, 0.2) is 0 Å². The average molecular weight is 345 g/mol. The fraction of sp³-hybridized carbons (Fsp3) is 0.500. The molecule has 10 heavy (non-hydrogen) atoms. The van der Waals surface area contributed by atoms with E-state index in [4.69, 9.17) is 10.2 Å². The second kappa shape index (κ2) is 5.74. The van der Waals surface area contributed by atoms with Crippen molar-refractivity contribution in [3.8, 4) is 0 Å². The first kappa shape index (κ1) is 12.6. The van der Waals surface area contributed by atoms with Crippen molar-refractivity contribution in [2.45, 2.75) is 11.7 Å². The molecule has 0 aliphatic heterocycles. The van der Waals surface area contributed by atoms with Crippen LogP contribution in [0.25, 0.3) is 0 Å². The van der Waals surface area contributed by atoms with Gasteiger partial charge in [0.1, 0.15) is 5.25 Å². The van der Waals surface area contributed by atoms with Gasteiger partial charge in [-0.25, -0.2) is 0 Å². The van der Waals surface area contributed by atoms with Gasteiger partial charge in [0.15, 0.2) is 0 Å². The van der Waals surface area contributed by atoms with Crippen molar-refractivity contribution in [1.82, 2.24) is 0 Å². The molecule has 0 heterocycles. The second-order valence-corrected chi connectivity index (χ2v) is 2.08. The van der Waals surface area contributed by atoms with Crippen LogP contribution in [-0.4, -0.2) is 27.4 Å². The number of carboxylic acid groups (broad SMARTS) is 2. The summed E-state index contributed by atoms with van der Waals surface area (Å²) in [6.07, 6.45) is -0.446. The molecule has 0 bridgehead atoms. The molecule has 0 aromatic heterocycles. The summed E-state index contributed by atoms with van der Waals surface area (Å²) >= 11 is 3.48. The Labute approximate surface area is 77.3 Å². The number of hydrogen-bond acceptors (Lipinski definition) is 3. The van der Waals surface area contributed by atoms with Crippen LogP contribution in [0.5, 0.6) is 0 Å². The van der Waals surface area contributed by atoms with Gasteiger partial charge in [-0.05, 0) is 0 Å². The summed E-state index contributed by atoms with van der Waals surface area (Å²) in [5.41, 5.74) is 0. The zero-order valence-corrected chi connectivity index (χ0v) is 7.93. The van der Waals surface area contributed by atoms with Crippen LogP contribution in [0.1, 0.15) is 6.42 Å². The molecule has 0 radical (unpaired) electrons. The summed E-state index contributed by atoms with van der Waals surface area (Å²) in [5, 5.41) is 15.0. The Kier molecular flexibility index (Phi) is 7.25. The fourth-order valence-corrected chi connectivity index (χ4v) is 0.409. The molecule has 2 N–H and O–H groups in total. The number of carbonyl (C=O) groups is 2. The summed E-state index contributed by atoms with van der Waals surface area (Å²) in [7, 11) is 0. The molecule has 0 rings (SSSR count). The minimum absolute atomic E-state index is 0. The van der Waals surface area contributed by atoms with E-state index in [0.29, 0.717) is 0 Å². The molecular formula is C4H6O4PtS. The molecule has 0 fully saturated rings. The maximum Gasteiger partial charge on any atom is 0.316 e. The van der Waals surface area contributed by atoms with Crippen LogP contribution in [0.2, 0.25) is 0 Å². The molecule has 0 aromatic rings. The third kappa shape index (κ3) is 6.10. The van der Waals surface area contributed by atoms with E-state index in [-0.39, 0.29) is 21.1 Å². The molecule has 4 nitrogen and oxygen atoms in total. The first-order valence-corrected chi connectivity index (χ1v) is 2.68. The third-order valence-electron chi connectivity index (χ3n) is 0.653. The van der Waals surface area contributed by atoms with Gasteiger partial charge in [0, 0.05) is 21.1 Å². The topological polar surface area (TPSA) is 74.6 Å². The van der Waals surface area contributed by atoms with Crippen molar-refractivity contribution in [2.75, 3.05) is 0 Å². The monoisotopic (exact) mass is 345 g/mol. The van der Waals surface area contributed by atoms with Gasteiger partial charge in [0.05, 0.1) is 6.42 Å². The molecule has 0 saturated carbocycles. The molecular weight excluding hydrogens is 339 g/mol. The second-order valence-electron chi connectivity index (χ2n) is 1.45. The molecule has 1 unspecified atom stereocenters. The minimum Gasteiger partial charge on any atom is -0.481 e. The first-order chi connectivity index (χ1) is 4.04. The van der Waals surface area contributed by atoms with Crippen LogP contribution in [-0.2, 0) is 30.7 Å². The Bertz CT molecular complexity index is 137. The van der Waals surface area contributed by atoms with Crippen molar-refractivity contribution < 1.29 is 40.9 Å². The fourth-order valence-electron chi connectivity index (χ4n) is 0.253. The molecule has 1 atom stereocenters. The van der Waals surface area contributed by atoms with E-state index < -0.39 is 23.6 Å². The van der Waals surface area contributed by atoms with Gasteiger partial charge >= 0.3 is 11.9 Å². The van der Waals surface area contributed by atoms with Gasteiger partial charge < -0.3 is 10.2 Å². The van der Waals surface area contributed by atoms with E-state index in [1.54, 1.807) is 0 Å². The third-order valence-corrected chi connectivity index (χ3v) is 1.06. The van der Waals surface area contributed by atoms with Crippen molar-refractivity contribution in [3.63, 3.8) is 0 Å². The number of aliphatic carboxylic acids is 2. The van der Waals surface area contributed by atoms with E-state index >= 15 is 0 Å². The van der Waals surface area contributed by atoms with Crippen LogP contribution < -0.4 is 0 Å². The van der Waals surface area contributed by atoms with E-state index in [0.717, 1.165) is 0 Å². The molecule has 0 spiro atoms. The van der Waals surface area contributed by atoms with Crippen LogP contribution >= 0.6 is 12.6 Å². The largest absolute Gasteiger partial charge is 0.481 e. The summed E-state index contributed by atoms with van der Waals surface area (Å²) in [6.45, 7) is 0. The molecule has 0 aliphatic rings. The number of thiol groups is 1. The van der Waals surface area contributed by atoms with Crippen molar-refractivity contribution in [1.29, 1.82) is 0 Å². The Morgan fingerprint density at radius 2 is 1.80 bits per heavy atom. The number of hydrogen-bond donors (Lipinski definition) is 3. The quantitative estimate of drug-likeness (QED) is 0.622. The normalized spacial score (nSPS) is 11.3. The molecule has 0 saturated heterocycles. The minimum atomic E-state index is -1.21. The molecule has 6 heteroatoms. The van der Waals surface area contributed by atoms with Gasteiger partial charge in [-0.3, -0.25) is 9.59 Å². The number of rotatable bonds is 3. The van der Waals surface area contributed by atoms with E-state index in [9.17, 15) is 9.59 Å². The smallest absolute Gasteiger partial charge is 0.316 e. The van der Waals surface area contributed by atoms with Crippen molar-refractivity contribution in [2.24, 2.45) is 0 Å². The Morgan fingerprint density at radius 1 is 1.40 bits per heavy atom. The van der Waals surface area contributed by atoms with Gasteiger partial charge in [0.2, 0.25) is 0 Å². The van der Waals surface area contributed by atoms with Crippen LogP contribution in [0.3, 0.4) is 0 Å². The Morgan fingerprint density at radius 3 is 1.90 bits per heavy atom. The predicted molar refractivity (Wildman–Crippen MR) is 32.7 cm³/mol. The van der Waals surface area contributed by atoms with Crippen molar-refractivity contribution >= 4 is 24.6 Å². The van der Waals surface area contributed by atoms with Crippen LogP contribution in [0.4, 0.5) is 0 Å². The summed E-state index contributed by atoms with van der Waals surface area (Å²) in [4.78, 5) is 19.7. The summed E-state index contributed by atoms with van der Waals surface area (Å²) in [5.74, 6) is -2.36. The standard InChI is InChI=1S/C4H6O4S.Pt/c5-3(6)1-2(9)4(7)8;/h2,9H,1H2,(H,5,6)(H,7,8);. The Hall–Kier alpha value is -0.0217. The Balaban J connectivity index is 0. The SMILES string of the molecule is O=C(O)CC(S)C(=O)O.[Pt]. The molecule has 0 aromatic carbocycles. The zero-order chi connectivity index (χ0) is 7.44. The van der Waals surface area contributed by atoms with Crippen molar-refractivity contribution in [3.05, 3.63) is 0 Å². The summed E-state index contributed by atoms with van der Waals surface area (Å²) < 4.78 is 0.